The molecule has 1 amide bonds. The van der Waals surface area contributed by atoms with E-state index in [2.05, 4.69) is 22.4 Å². The lowest BCUT2D eigenvalue weighted by Gasteiger charge is -2.16. The predicted octanol–water partition coefficient (Wildman–Crippen LogP) is 3.38. The first-order chi connectivity index (χ1) is 14.1. The van der Waals surface area contributed by atoms with Gasteiger partial charge in [0, 0.05) is 12.6 Å². The quantitative estimate of drug-likeness (QED) is 0.601. The number of thioether (sulfide) groups is 1. The summed E-state index contributed by atoms with van der Waals surface area (Å²) in [5.74, 6) is 0.565. The molecule has 1 saturated carbocycles. The van der Waals surface area contributed by atoms with Crippen LogP contribution in [0.5, 0.6) is 0 Å². The van der Waals surface area contributed by atoms with Crippen molar-refractivity contribution in [2.45, 2.75) is 75.4 Å². The van der Waals surface area contributed by atoms with E-state index in [4.69, 9.17) is 0 Å². The van der Waals surface area contributed by atoms with Crippen LogP contribution in [-0.4, -0.2) is 36.4 Å². The molecule has 8 heteroatoms. The number of amides is 1. The minimum absolute atomic E-state index is 0.0299. The third-order valence-corrected chi connectivity index (χ3v) is 6.61. The van der Waals surface area contributed by atoms with E-state index in [1.807, 2.05) is 35.6 Å². The molecule has 0 bridgehead atoms. The molecule has 1 atom stereocenters. The van der Waals surface area contributed by atoms with Crippen LogP contribution >= 0.6 is 11.8 Å². The van der Waals surface area contributed by atoms with Crippen molar-refractivity contribution in [2.24, 2.45) is 0 Å². The number of aryl methyl sites for hydroxylation is 1. The van der Waals surface area contributed by atoms with Crippen molar-refractivity contribution in [3.8, 4) is 0 Å². The van der Waals surface area contributed by atoms with Crippen LogP contribution in [0.1, 0.15) is 52.4 Å². The lowest BCUT2D eigenvalue weighted by Crippen LogP contribution is -2.37. The normalized spacial score (nSPS) is 15.9. The molecule has 29 heavy (non-hydrogen) atoms. The van der Waals surface area contributed by atoms with Crippen LogP contribution in [-0.2, 0) is 11.3 Å². The fourth-order valence-corrected chi connectivity index (χ4v) is 4.79. The van der Waals surface area contributed by atoms with E-state index >= 15 is 0 Å². The van der Waals surface area contributed by atoms with Crippen LogP contribution in [0, 0.1) is 0 Å². The third-order valence-electron chi connectivity index (χ3n) is 5.57. The molecule has 1 aliphatic rings. The van der Waals surface area contributed by atoms with Crippen molar-refractivity contribution in [3.63, 3.8) is 0 Å². The first-order valence-corrected chi connectivity index (χ1v) is 11.3. The maximum atomic E-state index is 13.0. The smallest absolute Gasteiger partial charge is 0.262 e. The predicted molar refractivity (Wildman–Crippen MR) is 115 cm³/mol. The molecule has 154 valence electrons. The van der Waals surface area contributed by atoms with Crippen LogP contribution in [0.3, 0.4) is 0 Å². The van der Waals surface area contributed by atoms with Gasteiger partial charge in [-0.3, -0.25) is 18.6 Å². The minimum Gasteiger partial charge on any atom is -0.352 e. The SMILES string of the molecule is CCCCn1c(=O)c2ccccc2n2c(SC(C)C(=O)NC3CCCC3)nnc12. The summed E-state index contributed by atoms with van der Waals surface area (Å²) in [6.07, 6.45) is 6.37. The Balaban J connectivity index is 1.70. The van der Waals surface area contributed by atoms with Gasteiger partial charge in [0.05, 0.1) is 16.2 Å². The first-order valence-electron chi connectivity index (χ1n) is 10.4. The summed E-state index contributed by atoms with van der Waals surface area (Å²) in [7, 11) is 0. The summed E-state index contributed by atoms with van der Waals surface area (Å²) < 4.78 is 3.61. The number of benzene rings is 1. The summed E-state index contributed by atoms with van der Waals surface area (Å²) in [6.45, 7) is 4.59. The van der Waals surface area contributed by atoms with Gasteiger partial charge in [0.1, 0.15) is 0 Å². The number of hydrogen-bond acceptors (Lipinski definition) is 5. The fraction of sp³-hybridized carbons (Fsp3) is 0.524. The Labute approximate surface area is 173 Å². The Morgan fingerprint density at radius 3 is 2.79 bits per heavy atom. The average Bonchev–Trinajstić information content (AvgIpc) is 3.38. The number of hydrogen-bond donors (Lipinski definition) is 1. The van der Waals surface area contributed by atoms with Gasteiger partial charge < -0.3 is 5.32 Å². The highest BCUT2D eigenvalue weighted by atomic mass is 32.2. The van der Waals surface area contributed by atoms with Crippen molar-refractivity contribution < 1.29 is 4.79 Å². The molecular weight excluding hydrogens is 386 g/mol. The molecule has 1 N–H and O–H groups in total. The maximum Gasteiger partial charge on any atom is 0.262 e. The second kappa shape index (κ2) is 8.57. The molecule has 0 spiro atoms. The molecule has 0 radical (unpaired) electrons. The number of rotatable bonds is 7. The highest BCUT2D eigenvalue weighted by Gasteiger charge is 2.24. The summed E-state index contributed by atoms with van der Waals surface area (Å²) in [4.78, 5) is 25.6. The zero-order valence-corrected chi connectivity index (χ0v) is 17.7. The number of carbonyl (C=O) groups excluding carboxylic acids is 1. The second-order valence-corrected chi connectivity index (χ2v) is 9.00. The van der Waals surface area contributed by atoms with Gasteiger partial charge in [0.25, 0.3) is 5.56 Å². The molecule has 1 aliphatic carbocycles. The van der Waals surface area contributed by atoms with Crippen LogP contribution in [0.4, 0.5) is 0 Å². The summed E-state index contributed by atoms with van der Waals surface area (Å²) >= 11 is 1.39. The molecule has 1 unspecified atom stereocenters. The van der Waals surface area contributed by atoms with Gasteiger partial charge in [-0.15, -0.1) is 10.2 Å². The number of carbonyl (C=O) groups is 1. The number of aromatic nitrogens is 4. The van der Waals surface area contributed by atoms with Crippen molar-refractivity contribution in [2.75, 3.05) is 0 Å². The number of unbranched alkanes of at least 4 members (excludes halogenated alkanes) is 1. The van der Waals surface area contributed by atoms with Gasteiger partial charge in [-0.2, -0.15) is 0 Å². The number of fused-ring (bicyclic) bond motifs is 3. The number of nitrogens with one attached hydrogen (secondary N) is 1. The third kappa shape index (κ3) is 3.90. The van der Waals surface area contributed by atoms with Gasteiger partial charge in [0.2, 0.25) is 11.7 Å². The molecule has 1 fully saturated rings. The first kappa shape index (κ1) is 19.9. The molecule has 2 aromatic heterocycles. The van der Waals surface area contributed by atoms with E-state index in [9.17, 15) is 9.59 Å². The van der Waals surface area contributed by atoms with Crippen molar-refractivity contribution in [1.82, 2.24) is 24.5 Å². The number of nitrogens with zero attached hydrogens (tertiary/aromatic N) is 4. The van der Waals surface area contributed by atoms with Gasteiger partial charge in [-0.25, -0.2) is 0 Å². The van der Waals surface area contributed by atoms with Crippen LogP contribution in [0.2, 0.25) is 0 Å². The Bertz CT molecular complexity index is 1080. The second-order valence-electron chi connectivity index (χ2n) is 7.70. The van der Waals surface area contributed by atoms with Crippen LogP contribution in [0.15, 0.2) is 34.2 Å². The Kier molecular flexibility index (Phi) is 5.89. The van der Waals surface area contributed by atoms with Gasteiger partial charge in [0.15, 0.2) is 5.16 Å². The molecule has 0 aliphatic heterocycles. The minimum atomic E-state index is -0.294. The van der Waals surface area contributed by atoms with Crippen LogP contribution in [0.25, 0.3) is 16.7 Å². The average molecular weight is 414 g/mol. The van der Waals surface area contributed by atoms with E-state index in [1.54, 1.807) is 4.57 Å². The lowest BCUT2D eigenvalue weighted by atomic mass is 10.2. The topological polar surface area (TPSA) is 81.3 Å². The van der Waals surface area contributed by atoms with Gasteiger partial charge in [-0.1, -0.05) is 50.1 Å². The van der Waals surface area contributed by atoms with E-state index in [1.165, 1.54) is 24.6 Å². The summed E-state index contributed by atoms with van der Waals surface area (Å²) in [5.41, 5.74) is 0.730. The molecule has 2 heterocycles. The summed E-state index contributed by atoms with van der Waals surface area (Å²) in [5, 5.41) is 12.8. The number of para-hydroxylation sites is 1. The van der Waals surface area contributed by atoms with E-state index in [0.717, 1.165) is 31.2 Å². The van der Waals surface area contributed by atoms with Crippen LogP contribution < -0.4 is 10.9 Å². The molecule has 4 rings (SSSR count). The van der Waals surface area contributed by atoms with Crippen molar-refractivity contribution >= 4 is 34.3 Å². The Morgan fingerprint density at radius 2 is 2.03 bits per heavy atom. The zero-order chi connectivity index (χ0) is 20.4. The molecular formula is C21H27N5O2S. The molecule has 7 nitrogen and oxygen atoms in total. The summed E-state index contributed by atoms with van der Waals surface area (Å²) in [6, 6.07) is 7.81. The monoisotopic (exact) mass is 413 g/mol. The maximum absolute atomic E-state index is 13.0. The molecule has 1 aromatic carbocycles. The Morgan fingerprint density at radius 1 is 1.28 bits per heavy atom. The van der Waals surface area contributed by atoms with E-state index in [-0.39, 0.29) is 16.7 Å². The van der Waals surface area contributed by atoms with Crippen molar-refractivity contribution in [1.29, 1.82) is 0 Å². The molecule has 0 saturated heterocycles. The highest BCUT2D eigenvalue weighted by molar-refractivity contribution is 8.00. The fourth-order valence-electron chi connectivity index (χ4n) is 3.93. The lowest BCUT2D eigenvalue weighted by molar-refractivity contribution is -0.120. The molecule has 3 aromatic rings. The zero-order valence-electron chi connectivity index (χ0n) is 16.9. The van der Waals surface area contributed by atoms with Crippen molar-refractivity contribution in [3.05, 3.63) is 34.6 Å². The van der Waals surface area contributed by atoms with E-state index in [0.29, 0.717) is 28.9 Å². The van der Waals surface area contributed by atoms with E-state index < -0.39 is 0 Å². The highest BCUT2D eigenvalue weighted by Crippen LogP contribution is 2.26. The largest absolute Gasteiger partial charge is 0.352 e. The van der Waals surface area contributed by atoms with Gasteiger partial charge >= 0.3 is 0 Å². The van der Waals surface area contributed by atoms with Gasteiger partial charge in [-0.05, 0) is 38.3 Å². The standard InChI is InChI=1S/C21H27N5O2S/c1-3-4-13-25-19(28)16-11-7-8-12-17(16)26-20(25)23-24-21(26)29-14(2)18(27)22-15-9-5-6-10-15/h7-8,11-12,14-15H,3-6,9-10,13H2,1-2H3,(H,22,27). The Hall–Kier alpha value is -2.35.